The number of nitrogens with zero attached hydrogens (tertiary/aromatic N) is 2. The molecular formula is C20H19FN2. The number of piperidine rings is 1. The minimum absolute atomic E-state index is 0.342. The lowest BCUT2D eigenvalue weighted by Crippen LogP contribution is -2.29. The molecule has 0 aliphatic carbocycles. The normalized spacial score (nSPS) is 15.3. The molecule has 0 N–H and O–H groups in total. The SMILES string of the molecule is N#C/C(=C\c1ccc(N2CCCCC2)cc1)c1ccccc1F. The fourth-order valence-electron chi connectivity index (χ4n) is 2.95. The Morgan fingerprint density at radius 1 is 1.00 bits per heavy atom. The van der Waals surface area contributed by atoms with Crippen molar-refractivity contribution in [3.05, 3.63) is 65.5 Å². The van der Waals surface area contributed by atoms with Gasteiger partial charge in [0.25, 0.3) is 0 Å². The average Bonchev–Trinajstić information content (AvgIpc) is 2.62. The van der Waals surface area contributed by atoms with Crippen LogP contribution in [0.2, 0.25) is 0 Å². The summed E-state index contributed by atoms with van der Waals surface area (Å²) in [5.41, 5.74) is 2.81. The van der Waals surface area contributed by atoms with Crippen molar-refractivity contribution in [1.29, 1.82) is 5.26 Å². The lowest BCUT2D eigenvalue weighted by Gasteiger charge is -2.28. The smallest absolute Gasteiger partial charge is 0.131 e. The molecule has 1 heterocycles. The van der Waals surface area contributed by atoms with Gasteiger partial charge in [-0.25, -0.2) is 4.39 Å². The predicted octanol–water partition coefficient (Wildman–Crippen LogP) is 4.88. The highest BCUT2D eigenvalue weighted by Crippen LogP contribution is 2.23. The van der Waals surface area contributed by atoms with E-state index in [1.165, 1.54) is 31.0 Å². The Kier molecular flexibility index (Phi) is 4.73. The van der Waals surface area contributed by atoms with E-state index in [2.05, 4.69) is 23.1 Å². The van der Waals surface area contributed by atoms with E-state index in [4.69, 9.17) is 0 Å². The van der Waals surface area contributed by atoms with Crippen LogP contribution in [0.5, 0.6) is 0 Å². The van der Waals surface area contributed by atoms with Gasteiger partial charge in [-0.1, -0.05) is 30.3 Å². The van der Waals surface area contributed by atoms with Crippen LogP contribution in [-0.2, 0) is 0 Å². The maximum Gasteiger partial charge on any atom is 0.131 e. The fourth-order valence-corrected chi connectivity index (χ4v) is 2.95. The van der Waals surface area contributed by atoms with Crippen molar-refractivity contribution in [2.24, 2.45) is 0 Å². The van der Waals surface area contributed by atoms with Gasteiger partial charge in [0.05, 0.1) is 11.6 Å². The summed E-state index contributed by atoms with van der Waals surface area (Å²) in [6.45, 7) is 2.21. The van der Waals surface area contributed by atoms with E-state index in [1.54, 1.807) is 24.3 Å². The van der Waals surface area contributed by atoms with Gasteiger partial charge in [-0.05, 0) is 49.1 Å². The molecule has 1 saturated heterocycles. The number of rotatable bonds is 3. The van der Waals surface area contributed by atoms with E-state index in [1.807, 2.05) is 12.1 Å². The largest absolute Gasteiger partial charge is 0.372 e. The number of benzene rings is 2. The van der Waals surface area contributed by atoms with Gasteiger partial charge in [0.1, 0.15) is 5.82 Å². The molecule has 0 bridgehead atoms. The first kappa shape index (κ1) is 15.3. The third kappa shape index (κ3) is 3.60. The minimum atomic E-state index is -0.370. The quantitative estimate of drug-likeness (QED) is 0.597. The fraction of sp³-hybridized carbons (Fsp3) is 0.250. The van der Waals surface area contributed by atoms with Crippen LogP contribution in [0.4, 0.5) is 10.1 Å². The number of anilines is 1. The standard InChI is InChI=1S/C20H19FN2/c21-20-7-3-2-6-19(20)17(15-22)14-16-8-10-18(11-9-16)23-12-4-1-5-13-23/h2-3,6-11,14H,1,4-5,12-13H2/b17-14+. The zero-order valence-electron chi connectivity index (χ0n) is 13.0. The molecule has 1 aliphatic rings. The summed E-state index contributed by atoms with van der Waals surface area (Å²) >= 11 is 0. The molecule has 0 unspecified atom stereocenters. The van der Waals surface area contributed by atoms with Crippen molar-refractivity contribution in [2.45, 2.75) is 19.3 Å². The first-order valence-electron chi connectivity index (χ1n) is 7.99. The van der Waals surface area contributed by atoms with Gasteiger partial charge in [0.2, 0.25) is 0 Å². The van der Waals surface area contributed by atoms with Crippen molar-refractivity contribution in [3.8, 4) is 6.07 Å². The lowest BCUT2D eigenvalue weighted by atomic mass is 10.0. The van der Waals surface area contributed by atoms with Crippen molar-refractivity contribution >= 4 is 17.3 Å². The third-order valence-corrected chi connectivity index (χ3v) is 4.21. The van der Waals surface area contributed by atoms with E-state index in [9.17, 15) is 9.65 Å². The Morgan fingerprint density at radius 3 is 2.35 bits per heavy atom. The summed E-state index contributed by atoms with van der Waals surface area (Å²) in [7, 11) is 0. The Bertz CT molecular complexity index is 735. The third-order valence-electron chi connectivity index (χ3n) is 4.21. The van der Waals surface area contributed by atoms with Crippen LogP contribution >= 0.6 is 0 Å². The molecule has 0 saturated carbocycles. The molecule has 2 nitrogen and oxygen atoms in total. The van der Waals surface area contributed by atoms with Crippen molar-refractivity contribution < 1.29 is 4.39 Å². The number of allylic oxidation sites excluding steroid dienone is 1. The van der Waals surface area contributed by atoms with Crippen LogP contribution in [0.1, 0.15) is 30.4 Å². The van der Waals surface area contributed by atoms with Crippen LogP contribution in [0.15, 0.2) is 48.5 Å². The zero-order chi connectivity index (χ0) is 16.1. The lowest BCUT2D eigenvalue weighted by molar-refractivity contribution is 0.578. The van der Waals surface area contributed by atoms with E-state index in [-0.39, 0.29) is 5.82 Å². The van der Waals surface area contributed by atoms with Gasteiger partial charge in [0.15, 0.2) is 0 Å². The monoisotopic (exact) mass is 306 g/mol. The highest BCUT2D eigenvalue weighted by Gasteiger charge is 2.11. The second-order valence-electron chi connectivity index (χ2n) is 5.79. The predicted molar refractivity (Wildman–Crippen MR) is 92.4 cm³/mol. The average molecular weight is 306 g/mol. The van der Waals surface area contributed by atoms with E-state index in [0.717, 1.165) is 18.7 Å². The Morgan fingerprint density at radius 2 is 1.70 bits per heavy atom. The summed E-state index contributed by atoms with van der Waals surface area (Å²) < 4.78 is 13.8. The van der Waals surface area contributed by atoms with E-state index < -0.39 is 0 Å². The Labute approximate surface area is 136 Å². The topological polar surface area (TPSA) is 27.0 Å². The van der Waals surface area contributed by atoms with Crippen LogP contribution in [0.25, 0.3) is 11.6 Å². The van der Waals surface area contributed by atoms with Crippen LogP contribution in [0, 0.1) is 17.1 Å². The molecule has 0 spiro atoms. The van der Waals surface area contributed by atoms with Crippen LogP contribution < -0.4 is 4.90 Å². The summed E-state index contributed by atoms with van der Waals surface area (Å²) in [6.07, 6.45) is 5.53. The second-order valence-corrected chi connectivity index (χ2v) is 5.79. The van der Waals surface area contributed by atoms with Gasteiger partial charge < -0.3 is 4.90 Å². The first-order valence-corrected chi connectivity index (χ1v) is 7.99. The molecule has 2 aromatic rings. The molecule has 1 fully saturated rings. The Balaban J connectivity index is 1.84. The van der Waals surface area contributed by atoms with Crippen molar-refractivity contribution in [1.82, 2.24) is 0 Å². The molecule has 0 radical (unpaired) electrons. The Hall–Kier alpha value is -2.60. The van der Waals surface area contributed by atoms with Crippen molar-refractivity contribution in [3.63, 3.8) is 0 Å². The number of hydrogen-bond acceptors (Lipinski definition) is 2. The molecule has 0 amide bonds. The maximum absolute atomic E-state index is 13.8. The molecule has 3 heteroatoms. The molecule has 23 heavy (non-hydrogen) atoms. The van der Waals surface area contributed by atoms with E-state index >= 15 is 0 Å². The molecule has 3 rings (SSSR count). The van der Waals surface area contributed by atoms with Gasteiger partial charge in [-0.3, -0.25) is 0 Å². The van der Waals surface area contributed by atoms with Crippen LogP contribution in [-0.4, -0.2) is 13.1 Å². The minimum Gasteiger partial charge on any atom is -0.372 e. The summed E-state index contributed by atoms with van der Waals surface area (Å²) in [4.78, 5) is 2.39. The molecule has 1 aliphatic heterocycles. The van der Waals surface area contributed by atoms with Gasteiger partial charge in [-0.2, -0.15) is 5.26 Å². The van der Waals surface area contributed by atoms with Gasteiger partial charge in [0, 0.05) is 24.3 Å². The molecule has 2 aromatic carbocycles. The molecule has 116 valence electrons. The highest BCUT2D eigenvalue weighted by atomic mass is 19.1. The summed E-state index contributed by atoms with van der Waals surface area (Å²) in [6, 6.07) is 16.6. The van der Waals surface area contributed by atoms with Crippen molar-refractivity contribution in [2.75, 3.05) is 18.0 Å². The van der Waals surface area contributed by atoms with E-state index in [0.29, 0.717) is 11.1 Å². The molecular weight excluding hydrogens is 287 g/mol. The van der Waals surface area contributed by atoms with Gasteiger partial charge in [-0.15, -0.1) is 0 Å². The summed E-state index contributed by atoms with van der Waals surface area (Å²) in [5.74, 6) is -0.370. The maximum atomic E-state index is 13.8. The zero-order valence-corrected chi connectivity index (χ0v) is 13.0. The highest BCUT2D eigenvalue weighted by molar-refractivity contribution is 5.89. The molecule has 0 atom stereocenters. The summed E-state index contributed by atoms with van der Waals surface area (Å²) in [5, 5.41) is 9.33. The number of halogens is 1. The number of hydrogen-bond donors (Lipinski definition) is 0. The first-order chi connectivity index (χ1) is 11.3. The number of nitriles is 1. The second kappa shape index (κ2) is 7.11. The molecule has 0 aromatic heterocycles. The van der Waals surface area contributed by atoms with Gasteiger partial charge >= 0.3 is 0 Å². The van der Waals surface area contributed by atoms with Crippen LogP contribution in [0.3, 0.4) is 0 Å².